The molecule has 0 fully saturated rings. The van der Waals surface area contributed by atoms with Crippen molar-refractivity contribution in [2.24, 2.45) is 0 Å². The van der Waals surface area contributed by atoms with E-state index in [0.29, 0.717) is 0 Å². The van der Waals surface area contributed by atoms with E-state index >= 15 is 0 Å². The van der Waals surface area contributed by atoms with Crippen molar-refractivity contribution in [1.29, 1.82) is 0 Å². The van der Waals surface area contributed by atoms with E-state index in [-0.39, 0.29) is 41.2 Å². The van der Waals surface area contributed by atoms with Crippen LogP contribution < -0.4 is 4.74 Å². The molecule has 9 heteroatoms. The molecule has 1 aliphatic heterocycles. The largest absolute Gasteiger partial charge is 0.465 e. The van der Waals surface area contributed by atoms with E-state index in [1.54, 1.807) is 12.1 Å². The smallest absolute Gasteiger partial charge is 0.338 e. The van der Waals surface area contributed by atoms with Gasteiger partial charge in [-0.2, -0.15) is 0 Å². The lowest BCUT2D eigenvalue weighted by Crippen LogP contribution is -2.54. The van der Waals surface area contributed by atoms with Crippen molar-refractivity contribution in [2.75, 3.05) is 20.3 Å². The van der Waals surface area contributed by atoms with Crippen molar-refractivity contribution >= 4 is 29.5 Å². The molecule has 0 spiro atoms. The molecular formula is C25H20O9. The second-order valence-electron chi connectivity index (χ2n) is 7.37. The Labute approximate surface area is 194 Å². The van der Waals surface area contributed by atoms with Crippen molar-refractivity contribution < 1.29 is 42.9 Å². The molecule has 2 aromatic rings. The first-order valence-corrected chi connectivity index (χ1v) is 10.5. The van der Waals surface area contributed by atoms with Gasteiger partial charge in [-0.25, -0.2) is 4.79 Å². The highest BCUT2D eigenvalue weighted by atomic mass is 16.6. The molecule has 0 saturated heterocycles. The Morgan fingerprint density at radius 2 is 1.44 bits per heavy atom. The first-order valence-electron chi connectivity index (χ1n) is 10.5. The Kier molecular flexibility index (Phi) is 5.78. The SMILES string of the molecule is CCOC(=O)C1(C(=O)OCC)C2=C(Oc3cccc(C(=O)OC)c31)C(=O)c1ccccc1C2=O. The van der Waals surface area contributed by atoms with Crippen molar-refractivity contribution in [3.8, 4) is 5.75 Å². The maximum atomic E-state index is 13.8. The van der Waals surface area contributed by atoms with Crippen LogP contribution in [0.15, 0.2) is 53.8 Å². The fraction of sp³-hybridized carbons (Fsp3) is 0.240. The minimum Gasteiger partial charge on any atom is -0.465 e. The molecule has 2 aliphatic rings. The van der Waals surface area contributed by atoms with Crippen LogP contribution in [0.5, 0.6) is 5.75 Å². The number of benzene rings is 2. The maximum Gasteiger partial charge on any atom is 0.338 e. The highest BCUT2D eigenvalue weighted by Crippen LogP contribution is 2.50. The van der Waals surface area contributed by atoms with Gasteiger partial charge < -0.3 is 18.9 Å². The monoisotopic (exact) mass is 464 g/mol. The molecule has 0 bridgehead atoms. The highest BCUT2D eigenvalue weighted by molar-refractivity contribution is 6.33. The summed E-state index contributed by atoms with van der Waals surface area (Å²) in [4.78, 5) is 67.2. The molecule has 1 heterocycles. The number of methoxy groups -OCH3 is 1. The summed E-state index contributed by atoms with van der Waals surface area (Å²) < 4.78 is 21.2. The van der Waals surface area contributed by atoms with Gasteiger partial charge in [0.1, 0.15) is 5.75 Å². The van der Waals surface area contributed by atoms with Crippen LogP contribution in [-0.4, -0.2) is 49.8 Å². The molecule has 0 atom stereocenters. The number of carbonyl (C=O) groups is 5. The lowest BCUT2D eigenvalue weighted by atomic mass is 9.65. The number of hydrogen-bond acceptors (Lipinski definition) is 9. The third-order valence-electron chi connectivity index (χ3n) is 5.63. The Bertz CT molecular complexity index is 1270. The molecule has 1 aliphatic carbocycles. The molecule has 4 rings (SSSR count). The molecular weight excluding hydrogens is 444 g/mol. The zero-order valence-electron chi connectivity index (χ0n) is 18.6. The Morgan fingerprint density at radius 3 is 2.00 bits per heavy atom. The third kappa shape index (κ3) is 3.04. The van der Waals surface area contributed by atoms with Crippen molar-refractivity contribution in [3.05, 3.63) is 76.1 Å². The van der Waals surface area contributed by atoms with E-state index in [4.69, 9.17) is 18.9 Å². The Balaban J connectivity index is 2.17. The van der Waals surface area contributed by atoms with E-state index in [1.165, 1.54) is 44.2 Å². The van der Waals surface area contributed by atoms with Gasteiger partial charge in [-0.3, -0.25) is 19.2 Å². The maximum absolute atomic E-state index is 13.8. The quantitative estimate of drug-likeness (QED) is 0.373. The number of allylic oxidation sites excluding steroid dienone is 1. The van der Waals surface area contributed by atoms with E-state index in [2.05, 4.69) is 0 Å². The molecule has 0 aromatic heterocycles. The summed E-state index contributed by atoms with van der Waals surface area (Å²) in [6.07, 6.45) is 0. The van der Waals surface area contributed by atoms with Crippen molar-refractivity contribution in [3.63, 3.8) is 0 Å². The number of fused-ring (bicyclic) bond motifs is 2. The van der Waals surface area contributed by atoms with Crippen LogP contribution in [0.25, 0.3) is 0 Å². The molecule has 174 valence electrons. The Morgan fingerprint density at radius 1 is 0.853 bits per heavy atom. The van der Waals surface area contributed by atoms with E-state index < -0.39 is 46.2 Å². The topological polar surface area (TPSA) is 122 Å². The number of carbonyl (C=O) groups excluding carboxylic acids is 5. The van der Waals surface area contributed by atoms with E-state index in [0.717, 1.165) is 7.11 Å². The predicted octanol–water partition coefficient (Wildman–Crippen LogP) is 2.56. The average molecular weight is 464 g/mol. The van der Waals surface area contributed by atoms with Crippen LogP contribution in [0, 0.1) is 0 Å². The van der Waals surface area contributed by atoms with Gasteiger partial charge in [0.25, 0.3) is 0 Å². The molecule has 2 aromatic carbocycles. The summed E-state index contributed by atoms with van der Waals surface area (Å²) in [5.74, 6) is -5.39. The number of ketones is 2. The highest BCUT2D eigenvalue weighted by Gasteiger charge is 2.64. The summed E-state index contributed by atoms with van der Waals surface area (Å²) in [6.45, 7) is 2.72. The van der Waals surface area contributed by atoms with Crippen molar-refractivity contribution in [2.45, 2.75) is 19.3 Å². The van der Waals surface area contributed by atoms with Crippen LogP contribution in [-0.2, 0) is 29.2 Å². The molecule has 9 nitrogen and oxygen atoms in total. The number of rotatable bonds is 5. The summed E-state index contributed by atoms with van der Waals surface area (Å²) in [7, 11) is 1.12. The summed E-state index contributed by atoms with van der Waals surface area (Å²) in [6, 6.07) is 10.1. The van der Waals surface area contributed by atoms with Crippen LogP contribution in [0.1, 0.15) is 50.5 Å². The first-order chi connectivity index (χ1) is 16.3. The third-order valence-corrected chi connectivity index (χ3v) is 5.63. The van der Waals surface area contributed by atoms with E-state index in [1.807, 2.05) is 0 Å². The van der Waals surface area contributed by atoms with Gasteiger partial charge in [0, 0.05) is 16.7 Å². The predicted molar refractivity (Wildman–Crippen MR) is 115 cm³/mol. The molecule has 34 heavy (non-hydrogen) atoms. The van der Waals surface area contributed by atoms with Crippen LogP contribution in [0.2, 0.25) is 0 Å². The van der Waals surface area contributed by atoms with Crippen LogP contribution >= 0.6 is 0 Å². The summed E-state index contributed by atoms with van der Waals surface area (Å²) in [5.41, 5.74) is -3.62. The average Bonchev–Trinajstić information content (AvgIpc) is 2.85. The van der Waals surface area contributed by atoms with E-state index in [9.17, 15) is 24.0 Å². The van der Waals surface area contributed by atoms with Crippen molar-refractivity contribution in [1.82, 2.24) is 0 Å². The summed E-state index contributed by atoms with van der Waals surface area (Å²) >= 11 is 0. The minimum atomic E-state index is -2.60. The zero-order chi connectivity index (χ0) is 24.6. The number of esters is 3. The molecule has 0 N–H and O–H groups in total. The number of ether oxygens (including phenoxy) is 4. The first kappa shape index (κ1) is 22.9. The van der Waals surface area contributed by atoms with Gasteiger partial charge in [-0.1, -0.05) is 30.3 Å². The molecule has 0 radical (unpaired) electrons. The summed E-state index contributed by atoms with van der Waals surface area (Å²) in [5, 5.41) is 0. The van der Waals surface area contributed by atoms with Crippen LogP contribution in [0.4, 0.5) is 0 Å². The molecule has 0 amide bonds. The molecule has 0 saturated carbocycles. The van der Waals surface area contributed by atoms with Gasteiger partial charge >= 0.3 is 17.9 Å². The number of Topliss-reactive ketones (excluding diaryl/α,β-unsaturated/α-hetero) is 2. The van der Waals surface area contributed by atoms with Gasteiger partial charge in [-0.15, -0.1) is 0 Å². The lowest BCUT2D eigenvalue weighted by Gasteiger charge is -2.39. The second-order valence-corrected chi connectivity index (χ2v) is 7.37. The Hall–Kier alpha value is -4.27. The second kappa shape index (κ2) is 8.58. The van der Waals surface area contributed by atoms with Crippen LogP contribution in [0.3, 0.4) is 0 Å². The zero-order valence-corrected chi connectivity index (χ0v) is 18.6. The minimum absolute atomic E-state index is 0.0215. The van der Waals surface area contributed by atoms with Gasteiger partial charge in [0.05, 0.1) is 31.5 Å². The number of hydrogen-bond donors (Lipinski definition) is 0. The fourth-order valence-electron chi connectivity index (χ4n) is 4.28. The van der Waals surface area contributed by atoms with Gasteiger partial charge in [-0.05, 0) is 26.0 Å². The lowest BCUT2D eigenvalue weighted by molar-refractivity contribution is -0.162. The fourth-order valence-corrected chi connectivity index (χ4v) is 4.28. The molecule has 0 unspecified atom stereocenters. The standard InChI is InChI=1S/C25H20O9/c1-4-32-23(29)25(24(30)33-5-2)17-15(22(28)31-3)11-8-12-16(17)34-21-18(25)19(26)13-9-6-7-10-14(13)20(21)27/h6-12H,4-5H2,1-3H3. The van der Waals surface area contributed by atoms with Gasteiger partial charge in [0.2, 0.25) is 11.2 Å². The normalized spacial score (nSPS) is 15.4. The van der Waals surface area contributed by atoms with Gasteiger partial charge in [0.15, 0.2) is 11.5 Å².